The van der Waals surface area contributed by atoms with Crippen LogP contribution in [0.5, 0.6) is 0 Å². The minimum Gasteiger partial charge on any atom is -0.351 e. The molecule has 2 rings (SSSR count). The molecule has 2 nitrogen and oxygen atoms in total. The number of amides is 1. The van der Waals surface area contributed by atoms with E-state index in [9.17, 15) is 9.18 Å². The zero-order chi connectivity index (χ0) is 15.9. The Labute approximate surface area is 139 Å². The molecule has 0 aliphatic carbocycles. The SMILES string of the molecule is Cc1ccccc1CSCCNC(=O)c1ccc(Cl)cc1F. The molecule has 0 fully saturated rings. The minimum absolute atomic E-state index is 0.0216. The van der Waals surface area contributed by atoms with Crippen molar-refractivity contribution >= 4 is 29.3 Å². The van der Waals surface area contributed by atoms with Gasteiger partial charge in [-0.3, -0.25) is 4.79 Å². The summed E-state index contributed by atoms with van der Waals surface area (Å²) in [5, 5.41) is 3.00. The van der Waals surface area contributed by atoms with E-state index in [-0.39, 0.29) is 10.6 Å². The van der Waals surface area contributed by atoms with Gasteiger partial charge in [0.1, 0.15) is 5.82 Å². The Morgan fingerprint density at radius 3 is 2.77 bits per heavy atom. The summed E-state index contributed by atoms with van der Waals surface area (Å²) in [6.07, 6.45) is 0. The number of aryl methyl sites for hydroxylation is 1. The van der Waals surface area contributed by atoms with E-state index in [2.05, 4.69) is 24.4 Å². The minimum atomic E-state index is -0.599. The number of benzene rings is 2. The molecule has 5 heteroatoms. The second-order valence-corrected chi connectivity index (χ2v) is 6.40. The van der Waals surface area contributed by atoms with Crippen molar-refractivity contribution in [2.75, 3.05) is 12.3 Å². The molecule has 0 heterocycles. The molecule has 116 valence electrons. The second-order valence-electron chi connectivity index (χ2n) is 4.86. The third-order valence-corrected chi connectivity index (χ3v) is 4.47. The number of nitrogens with one attached hydrogen (secondary N) is 1. The monoisotopic (exact) mass is 337 g/mol. The van der Waals surface area contributed by atoms with Gasteiger partial charge in [-0.05, 0) is 36.2 Å². The fourth-order valence-electron chi connectivity index (χ4n) is 1.96. The number of carbonyl (C=O) groups is 1. The smallest absolute Gasteiger partial charge is 0.254 e. The zero-order valence-corrected chi connectivity index (χ0v) is 13.8. The first-order valence-corrected chi connectivity index (χ1v) is 8.46. The highest BCUT2D eigenvalue weighted by Crippen LogP contribution is 2.16. The summed E-state index contributed by atoms with van der Waals surface area (Å²) in [6, 6.07) is 12.3. The lowest BCUT2D eigenvalue weighted by molar-refractivity contribution is 0.0952. The van der Waals surface area contributed by atoms with E-state index in [0.29, 0.717) is 6.54 Å². The lowest BCUT2D eigenvalue weighted by atomic mass is 10.1. The van der Waals surface area contributed by atoms with Crippen molar-refractivity contribution < 1.29 is 9.18 Å². The van der Waals surface area contributed by atoms with Crippen LogP contribution in [-0.2, 0) is 5.75 Å². The molecular weight excluding hydrogens is 321 g/mol. The van der Waals surface area contributed by atoms with Crippen molar-refractivity contribution in [3.63, 3.8) is 0 Å². The van der Waals surface area contributed by atoms with Gasteiger partial charge in [-0.1, -0.05) is 35.9 Å². The molecule has 0 saturated carbocycles. The third kappa shape index (κ3) is 4.75. The maximum atomic E-state index is 13.6. The Balaban J connectivity index is 1.75. The van der Waals surface area contributed by atoms with Crippen LogP contribution in [0.25, 0.3) is 0 Å². The first kappa shape index (κ1) is 16.8. The Morgan fingerprint density at radius 2 is 2.05 bits per heavy atom. The predicted octanol–water partition coefficient (Wildman–Crippen LogP) is 4.45. The molecular formula is C17H17ClFNOS. The first-order chi connectivity index (χ1) is 10.6. The van der Waals surface area contributed by atoms with Gasteiger partial charge in [-0.15, -0.1) is 0 Å². The lowest BCUT2D eigenvalue weighted by Gasteiger charge is -2.07. The molecule has 0 spiro atoms. The van der Waals surface area contributed by atoms with Crippen LogP contribution in [0, 0.1) is 12.7 Å². The van der Waals surface area contributed by atoms with Crippen LogP contribution in [-0.4, -0.2) is 18.2 Å². The van der Waals surface area contributed by atoms with Gasteiger partial charge in [0, 0.05) is 23.1 Å². The number of thioether (sulfide) groups is 1. The van der Waals surface area contributed by atoms with Gasteiger partial charge < -0.3 is 5.32 Å². The average molecular weight is 338 g/mol. The van der Waals surface area contributed by atoms with Crippen molar-refractivity contribution in [1.29, 1.82) is 0 Å². The second kappa shape index (κ2) is 8.20. The third-order valence-electron chi connectivity index (χ3n) is 3.23. The van der Waals surface area contributed by atoms with Crippen LogP contribution < -0.4 is 5.32 Å². The van der Waals surface area contributed by atoms with Crippen LogP contribution in [0.2, 0.25) is 5.02 Å². The van der Waals surface area contributed by atoms with Crippen LogP contribution in [0.1, 0.15) is 21.5 Å². The molecule has 0 radical (unpaired) electrons. The fraction of sp³-hybridized carbons (Fsp3) is 0.235. The standard InChI is InChI=1S/C17H17ClFNOS/c1-12-4-2-3-5-13(12)11-22-9-8-20-17(21)15-7-6-14(18)10-16(15)19/h2-7,10H,8-9,11H2,1H3,(H,20,21). The Morgan fingerprint density at radius 1 is 1.27 bits per heavy atom. The average Bonchev–Trinajstić information content (AvgIpc) is 2.48. The van der Waals surface area contributed by atoms with E-state index in [4.69, 9.17) is 11.6 Å². The highest BCUT2D eigenvalue weighted by molar-refractivity contribution is 7.98. The van der Waals surface area contributed by atoms with Crippen LogP contribution in [0.15, 0.2) is 42.5 Å². The summed E-state index contributed by atoms with van der Waals surface area (Å²) in [4.78, 5) is 11.9. The first-order valence-electron chi connectivity index (χ1n) is 6.93. The molecule has 0 aliphatic rings. The van der Waals surface area contributed by atoms with E-state index in [0.717, 1.165) is 17.6 Å². The number of rotatable bonds is 6. The predicted molar refractivity (Wildman–Crippen MR) is 91.1 cm³/mol. The van der Waals surface area contributed by atoms with Gasteiger partial charge in [0.15, 0.2) is 0 Å². The van der Waals surface area contributed by atoms with Crippen molar-refractivity contribution in [3.05, 3.63) is 70.0 Å². The maximum absolute atomic E-state index is 13.6. The number of halogens is 2. The molecule has 0 saturated heterocycles. The quantitative estimate of drug-likeness (QED) is 0.789. The topological polar surface area (TPSA) is 29.1 Å². The zero-order valence-electron chi connectivity index (χ0n) is 12.2. The molecule has 1 amide bonds. The van der Waals surface area contributed by atoms with Crippen molar-refractivity contribution in [2.24, 2.45) is 0 Å². The van der Waals surface area contributed by atoms with E-state index in [1.54, 1.807) is 11.8 Å². The molecule has 0 bridgehead atoms. The molecule has 0 aromatic heterocycles. The van der Waals surface area contributed by atoms with Gasteiger partial charge >= 0.3 is 0 Å². The van der Waals surface area contributed by atoms with E-state index < -0.39 is 11.7 Å². The summed E-state index contributed by atoms with van der Waals surface area (Å²) in [5.74, 6) is 0.663. The fourth-order valence-corrected chi connectivity index (χ4v) is 3.05. The van der Waals surface area contributed by atoms with Gasteiger partial charge in [0.2, 0.25) is 0 Å². The number of hydrogen-bond acceptors (Lipinski definition) is 2. The van der Waals surface area contributed by atoms with Crippen molar-refractivity contribution in [2.45, 2.75) is 12.7 Å². The normalized spacial score (nSPS) is 10.5. The van der Waals surface area contributed by atoms with Crippen LogP contribution in [0.3, 0.4) is 0 Å². The van der Waals surface area contributed by atoms with E-state index >= 15 is 0 Å². The van der Waals surface area contributed by atoms with Gasteiger partial charge in [-0.25, -0.2) is 4.39 Å². The van der Waals surface area contributed by atoms with Gasteiger partial charge in [-0.2, -0.15) is 11.8 Å². The molecule has 0 atom stereocenters. The highest BCUT2D eigenvalue weighted by Gasteiger charge is 2.11. The van der Waals surface area contributed by atoms with Gasteiger partial charge in [0.05, 0.1) is 5.56 Å². The van der Waals surface area contributed by atoms with Crippen molar-refractivity contribution in [3.8, 4) is 0 Å². The largest absolute Gasteiger partial charge is 0.351 e. The molecule has 1 N–H and O–H groups in total. The summed E-state index contributed by atoms with van der Waals surface area (Å²) >= 11 is 7.40. The molecule has 0 unspecified atom stereocenters. The number of hydrogen-bond donors (Lipinski definition) is 1. The van der Waals surface area contributed by atoms with Crippen molar-refractivity contribution in [1.82, 2.24) is 5.32 Å². The lowest BCUT2D eigenvalue weighted by Crippen LogP contribution is -2.26. The highest BCUT2D eigenvalue weighted by atomic mass is 35.5. The molecule has 0 aliphatic heterocycles. The Bertz CT molecular complexity index is 663. The van der Waals surface area contributed by atoms with E-state index in [1.165, 1.54) is 23.3 Å². The van der Waals surface area contributed by atoms with Crippen LogP contribution in [0.4, 0.5) is 4.39 Å². The maximum Gasteiger partial charge on any atom is 0.254 e. The summed E-state index contributed by atoms with van der Waals surface area (Å²) in [6.45, 7) is 2.58. The Hall–Kier alpha value is -1.52. The summed E-state index contributed by atoms with van der Waals surface area (Å²) < 4.78 is 13.6. The molecule has 22 heavy (non-hydrogen) atoms. The van der Waals surface area contributed by atoms with Gasteiger partial charge in [0.25, 0.3) is 5.91 Å². The Kier molecular flexibility index (Phi) is 6.28. The summed E-state index contributed by atoms with van der Waals surface area (Å²) in [7, 11) is 0. The molecule has 2 aromatic carbocycles. The van der Waals surface area contributed by atoms with Crippen LogP contribution >= 0.6 is 23.4 Å². The number of carbonyl (C=O) groups excluding carboxylic acids is 1. The van der Waals surface area contributed by atoms with E-state index in [1.807, 2.05) is 12.1 Å². The summed E-state index contributed by atoms with van der Waals surface area (Å²) in [5.41, 5.74) is 2.58. The molecule has 2 aromatic rings.